The van der Waals surface area contributed by atoms with E-state index in [1.54, 1.807) is 12.1 Å². The zero-order valence-corrected chi connectivity index (χ0v) is 16.4. The van der Waals surface area contributed by atoms with Crippen LogP contribution in [0.2, 0.25) is 5.02 Å². The van der Waals surface area contributed by atoms with Gasteiger partial charge in [0.05, 0.1) is 6.26 Å². The normalized spacial score (nSPS) is 12.8. The molecule has 0 radical (unpaired) electrons. The van der Waals surface area contributed by atoms with Gasteiger partial charge in [-0.25, -0.2) is 8.42 Å². The van der Waals surface area contributed by atoms with Gasteiger partial charge in [0.1, 0.15) is 0 Å². The Balaban J connectivity index is 1.94. The van der Waals surface area contributed by atoms with Crippen LogP contribution in [-0.4, -0.2) is 31.4 Å². The molecule has 7 heteroatoms. The van der Waals surface area contributed by atoms with Crippen molar-refractivity contribution in [2.75, 3.05) is 12.8 Å². The minimum absolute atomic E-state index is 0.0951. The molecule has 1 amide bonds. The molecule has 2 aromatic rings. The number of rotatable bonds is 8. The average Bonchev–Trinajstić information content (AvgIpc) is 2.61. The molecule has 5 nitrogen and oxygen atoms in total. The third-order valence-electron chi connectivity index (χ3n) is 4.10. The molecule has 1 atom stereocenters. The van der Waals surface area contributed by atoms with Crippen LogP contribution in [0.3, 0.4) is 0 Å². The van der Waals surface area contributed by atoms with Gasteiger partial charge in [0.25, 0.3) is 0 Å². The topological polar surface area (TPSA) is 66.5 Å². The summed E-state index contributed by atoms with van der Waals surface area (Å²) in [4.78, 5) is 12.1. The second kappa shape index (κ2) is 9.16. The minimum Gasteiger partial charge on any atom is -0.352 e. The predicted molar refractivity (Wildman–Crippen MR) is 104 cm³/mol. The summed E-state index contributed by atoms with van der Waals surface area (Å²) in [6, 6.07) is 16.2. The number of halogens is 1. The van der Waals surface area contributed by atoms with Crippen LogP contribution in [0.1, 0.15) is 30.5 Å². The number of benzene rings is 2. The smallest absolute Gasteiger partial charge is 0.221 e. The van der Waals surface area contributed by atoms with E-state index >= 15 is 0 Å². The molecule has 0 aromatic heterocycles. The van der Waals surface area contributed by atoms with Gasteiger partial charge in [-0.2, -0.15) is 4.31 Å². The summed E-state index contributed by atoms with van der Waals surface area (Å²) >= 11 is 5.83. The largest absolute Gasteiger partial charge is 0.352 e. The number of nitrogens with one attached hydrogen (secondary N) is 1. The van der Waals surface area contributed by atoms with Crippen LogP contribution in [-0.2, 0) is 21.4 Å². The van der Waals surface area contributed by atoms with Crippen LogP contribution in [0.4, 0.5) is 0 Å². The van der Waals surface area contributed by atoms with Gasteiger partial charge < -0.3 is 5.32 Å². The maximum absolute atomic E-state index is 12.2. The maximum Gasteiger partial charge on any atom is 0.221 e. The molecule has 0 aliphatic rings. The van der Waals surface area contributed by atoms with Gasteiger partial charge in [0, 0.05) is 30.6 Å². The van der Waals surface area contributed by atoms with Gasteiger partial charge in [-0.15, -0.1) is 0 Å². The number of hydrogen-bond donors (Lipinski definition) is 1. The van der Waals surface area contributed by atoms with Crippen molar-refractivity contribution in [3.8, 4) is 0 Å². The fourth-order valence-electron chi connectivity index (χ4n) is 2.65. The summed E-state index contributed by atoms with van der Waals surface area (Å²) < 4.78 is 25.7. The summed E-state index contributed by atoms with van der Waals surface area (Å²) in [6.07, 6.45) is 1.26. The highest BCUT2D eigenvalue weighted by Crippen LogP contribution is 2.22. The molecule has 2 aromatic carbocycles. The van der Waals surface area contributed by atoms with E-state index in [1.807, 2.05) is 49.4 Å². The number of hydrogen-bond acceptors (Lipinski definition) is 3. The summed E-state index contributed by atoms with van der Waals surface area (Å²) in [5.74, 6) is -0.200. The molecule has 0 fully saturated rings. The lowest BCUT2D eigenvalue weighted by molar-refractivity contribution is -0.121. The standard InChI is InChI=1S/C19H23ClN2O3S/c1-15(17-6-4-3-5-7-17)22(26(2,24)25)13-12-19(23)21-14-16-8-10-18(20)11-9-16/h3-11,15H,12-14H2,1-2H3,(H,21,23). The third kappa shape index (κ3) is 6.12. The maximum atomic E-state index is 12.2. The van der Waals surface area contributed by atoms with Gasteiger partial charge in [0.15, 0.2) is 0 Å². The van der Waals surface area contributed by atoms with Gasteiger partial charge in [-0.05, 0) is 30.2 Å². The quantitative estimate of drug-likeness (QED) is 0.746. The molecule has 1 N–H and O–H groups in total. The zero-order valence-electron chi connectivity index (χ0n) is 14.9. The van der Waals surface area contributed by atoms with Crippen molar-refractivity contribution >= 4 is 27.5 Å². The lowest BCUT2D eigenvalue weighted by Crippen LogP contribution is -2.36. The fraction of sp³-hybridized carbons (Fsp3) is 0.316. The highest BCUT2D eigenvalue weighted by Gasteiger charge is 2.24. The molecule has 140 valence electrons. The monoisotopic (exact) mass is 394 g/mol. The van der Waals surface area contributed by atoms with E-state index in [4.69, 9.17) is 11.6 Å². The number of amides is 1. The highest BCUT2D eigenvalue weighted by molar-refractivity contribution is 7.88. The number of sulfonamides is 1. The van der Waals surface area contributed by atoms with E-state index in [9.17, 15) is 13.2 Å². The Morgan fingerprint density at radius 2 is 1.73 bits per heavy atom. The molecule has 0 bridgehead atoms. The van der Waals surface area contributed by atoms with Gasteiger partial charge in [0.2, 0.25) is 15.9 Å². The van der Waals surface area contributed by atoms with E-state index in [2.05, 4.69) is 5.32 Å². The van der Waals surface area contributed by atoms with Crippen LogP contribution >= 0.6 is 11.6 Å². The molecule has 0 spiro atoms. The minimum atomic E-state index is -3.44. The molecule has 0 heterocycles. The third-order valence-corrected chi connectivity index (χ3v) is 5.70. The molecule has 0 saturated heterocycles. The summed E-state index contributed by atoms with van der Waals surface area (Å²) in [7, 11) is -3.44. The molecule has 0 aliphatic carbocycles. The molecule has 0 aliphatic heterocycles. The van der Waals surface area contributed by atoms with Gasteiger partial charge in [-0.3, -0.25) is 4.79 Å². The average molecular weight is 395 g/mol. The van der Waals surface area contributed by atoms with Crippen molar-refractivity contribution < 1.29 is 13.2 Å². The lowest BCUT2D eigenvalue weighted by atomic mass is 10.1. The van der Waals surface area contributed by atoms with Crippen molar-refractivity contribution in [2.45, 2.75) is 25.9 Å². The molecule has 0 saturated carbocycles. The second-order valence-electron chi connectivity index (χ2n) is 6.11. The number of nitrogens with zero attached hydrogens (tertiary/aromatic N) is 1. The van der Waals surface area contributed by atoms with Crippen molar-refractivity contribution in [1.82, 2.24) is 9.62 Å². The van der Waals surface area contributed by atoms with Crippen molar-refractivity contribution in [2.24, 2.45) is 0 Å². The Labute approximate surface area is 160 Å². The summed E-state index contributed by atoms with van der Waals surface area (Å²) in [5.41, 5.74) is 1.82. The van der Waals surface area contributed by atoms with E-state index in [1.165, 1.54) is 4.31 Å². The molecular weight excluding hydrogens is 372 g/mol. The summed E-state index contributed by atoms with van der Waals surface area (Å²) in [5, 5.41) is 3.44. The molecule has 26 heavy (non-hydrogen) atoms. The van der Waals surface area contributed by atoms with Crippen LogP contribution in [0.15, 0.2) is 54.6 Å². The Kier molecular flexibility index (Phi) is 7.20. The van der Waals surface area contributed by atoms with Crippen LogP contribution in [0, 0.1) is 0 Å². The van der Waals surface area contributed by atoms with Crippen molar-refractivity contribution in [3.63, 3.8) is 0 Å². The number of carbonyl (C=O) groups is 1. The van der Waals surface area contributed by atoms with Crippen molar-refractivity contribution in [3.05, 3.63) is 70.7 Å². The Morgan fingerprint density at radius 3 is 2.31 bits per heavy atom. The Hall–Kier alpha value is -1.89. The van der Waals surface area contributed by atoms with Gasteiger partial charge >= 0.3 is 0 Å². The summed E-state index contributed by atoms with van der Waals surface area (Å²) in [6.45, 7) is 2.33. The first-order chi connectivity index (χ1) is 12.3. The van der Waals surface area contributed by atoms with Crippen LogP contribution < -0.4 is 5.32 Å². The first-order valence-electron chi connectivity index (χ1n) is 8.30. The van der Waals surface area contributed by atoms with E-state index in [0.717, 1.165) is 17.4 Å². The molecular formula is C19H23ClN2O3S. The van der Waals surface area contributed by atoms with Gasteiger partial charge in [-0.1, -0.05) is 54.1 Å². The first kappa shape index (κ1) is 20.4. The zero-order chi connectivity index (χ0) is 19.2. The SMILES string of the molecule is CC(c1ccccc1)N(CCC(=O)NCc1ccc(Cl)cc1)S(C)(=O)=O. The predicted octanol–water partition coefficient (Wildman–Crippen LogP) is 3.37. The Morgan fingerprint density at radius 1 is 1.12 bits per heavy atom. The highest BCUT2D eigenvalue weighted by atomic mass is 35.5. The Bertz CT molecular complexity index is 824. The van der Waals surface area contributed by atoms with E-state index in [0.29, 0.717) is 11.6 Å². The molecule has 1 unspecified atom stereocenters. The fourth-order valence-corrected chi connectivity index (χ4v) is 3.89. The second-order valence-corrected chi connectivity index (χ2v) is 8.49. The van der Waals surface area contributed by atoms with Crippen LogP contribution in [0.5, 0.6) is 0 Å². The van der Waals surface area contributed by atoms with E-state index in [-0.39, 0.29) is 24.9 Å². The van der Waals surface area contributed by atoms with Crippen molar-refractivity contribution in [1.29, 1.82) is 0 Å². The number of carbonyl (C=O) groups excluding carboxylic acids is 1. The van der Waals surface area contributed by atoms with E-state index < -0.39 is 10.0 Å². The first-order valence-corrected chi connectivity index (χ1v) is 10.5. The molecule has 2 rings (SSSR count). The lowest BCUT2D eigenvalue weighted by Gasteiger charge is -2.27. The van der Waals surface area contributed by atoms with Crippen LogP contribution in [0.25, 0.3) is 0 Å².